The number of hydrogen-bond acceptors (Lipinski definition) is 12. The molecule has 2 aromatic carbocycles. The number of amides is 1. The lowest BCUT2D eigenvalue weighted by Gasteiger charge is -2.39. The highest BCUT2D eigenvalue weighted by Gasteiger charge is 2.48. The minimum absolute atomic E-state index is 0.0765. The average Bonchev–Trinajstić information content (AvgIpc) is 2.90. The third-order valence-electron chi connectivity index (χ3n) is 5.77. The number of ether oxygens (including phenoxy) is 3. The number of aliphatic hydroxyl groups is 3. The van der Waals surface area contributed by atoms with E-state index < -0.39 is 71.8 Å². The quantitative estimate of drug-likeness (QED) is 0.172. The summed E-state index contributed by atoms with van der Waals surface area (Å²) in [6, 6.07) is 10.8. The number of aliphatic hydroxyl groups excluding tert-OH is 3. The molecule has 0 bridgehead atoms. The minimum Gasteiger partial charge on any atom is -0.504 e. The van der Waals surface area contributed by atoms with Gasteiger partial charge in [0.15, 0.2) is 23.0 Å². The van der Waals surface area contributed by atoms with Gasteiger partial charge in [-0.3, -0.25) is 14.4 Å². The van der Waals surface area contributed by atoms with Gasteiger partial charge in [-0.1, -0.05) is 30.3 Å². The summed E-state index contributed by atoms with van der Waals surface area (Å²) in [6.45, 7) is 1.10. The molecule has 6 N–H and O–H groups in total. The van der Waals surface area contributed by atoms with E-state index >= 15 is 0 Å². The van der Waals surface area contributed by atoms with Gasteiger partial charge in [0.2, 0.25) is 12.0 Å². The summed E-state index contributed by atoms with van der Waals surface area (Å²) in [5, 5.41) is 53.7. The Morgan fingerprint density at radius 2 is 1.71 bits per heavy atom. The first-order chi connectivity index (χ1) is 18.1. The molecule has 3 aromatic rings. The highest BCUT2D eigenvalue weighted by atomic mass is 16.7. The molecule has 202 valence electrons. The highest BCUT2D eigenvalue weighted by Crippen LogP contribution is 2.42. The van der Waals surface area contributed by atoms with Crippen LogP contribution in [-0.2, 0) is 19.1 Å². The van der Waals surface area contributed by atoms with E-state index in [1.165, 1.54) is 0 Å². The molecule has 2 heterocycles. The van der Waals surface area contributed by atoms with Gasteiger partial charge >= 0.3 is 5.97 Å². The highest BCUT2D eigenvalue weighted by molar-refractivity contribution is 5.89. The number of esters is 1. The zero-order valence-corrected chi connectivity index (χ0v) is 19.9. The molecular weight excluding hydrogens is 506 g/mol. The Hall–Kier alpha value is -4.17. The van der Waals surface area contributed by atoms with Gasteiger partial charge in [-0.05, 0) is 6.92 Å². The van der Waals surface area contributed by atoms with Gasteiger partial charge in [0.25, 0.3) is 5.91 Å². The molecule has 0 spiro atoms. The number of hydrogen-bond donors (Lipinski definition) is 6. The maximum absolute atomic E-state index is 12.7. The maximum Gasteiger partial charge on any atom is 0.325 e. The molecule has 0 aliphatic carbocycles. The predicted molar refractivity (Wildman–Crippen MR) is 128 cm³/mol. The van der Waals surface area contributed by atoms with Crippen LogP contribution in [0.5, 0.6) is 17.2 Å². The molecule has 1 aliphatic rings. The second-order valence-corrected chi connectivity index (χ2v) is 8.32. The van der Waals surface area contributed by atoms with Gasteiger partial charge in [0.1, 0.15) is 41.6 Å². The molecular formula is C25H25NO12. The maximum atomic E-state index is 12.7. The van der Waals surface area contributed by atoms with Crippen molar-refractivity contribution in [2.45, 2.75) is 37.6 Å². The van der Waals surface area contributed by atoms with Crippen molar-refractivity contribution in [3.63, 3.8) is 0 Å². The average molecular weight is 531 g/mol. The lowest BCUT2D eigenvalue weighted by atomic mass is 9.98. The van der Waals surface area contributed by atoms with Gasteiger partial charge in [0.05, 0.1) is 6.61 Å². The largest absolute Gasteiger partial charge is 0.504 e. The van der Waals surface area contributed by atoms with E-state index in [2.05, 4.69) is 5.32 Å². The lowest BCUT2D eigenvalue weighted by Crippen LogP contribution is -2.63. The van der Waals surface area contributed by atoms with Crippen LogP contribution in [-0.4, -0.2) is 81.3 Å². The van der Waals surface area contributed by atoms with Gasteiger partial charge in [-0.15, -0.1) is 0 Å². The normalized spacial score (nSPS) is 23.1. The Morgan fingerprint density at radius 1 is 1.00 bits per heavy atom. The summed E-state index contributed by atoms with van der Waals surface area (Å²) in [5.74, 6) is -3.93. The molecule has 1 fully saturated rings. The summed E-state index contributed by atoms with van der Waals surface area (Å²) in [5.41, 5.74) is -0.284. The van der Waals surface area contributed by atoms with Gasteiger partial charge in [0, 0.05) is 17.7 Å². The Balaban J connectivity index is 1.63. The topological polar surface area (TPSA) is 205 Å². The Labute approximate surface area is 214 Å². The van der Waals surface area contributed by atoms with E-state index in [1.807, 2.05) is 0 Å². The molecule has 1 saturated heterocycles. The van der Waals surface area contributed by atoms with Crippen molar-refractivity contribution in [2.24, 2.45) is 0 Å². The van der Waals surface area contributed by atoms with Crippen molar-refractivity contribution < 1.29 is 53.7 Å². The smallest absolute Gasteiger partial charge is 0.325 e. The standard InChI is InChI=1S/C25H25NO12/c1-2-35-16(28)10-26-24(34)23-21(32)20(31)22(33)25(38-23)37-15-9-14-17(19(30)18(15)29)12(27)8-13(36-14)11-6-4-3-5-7-11/h3-9,20-23,25,29-33H,2,10H2,1H3,(H,26,34)/t20-,21+,22+,23+,25-/m1/s1. The monoisotopic (exact) mass is 531 g/mol. The summed E-state index contributed by atoms with van der Waals surface area (Å²) >= 11 is 0. The van der Waals surface area contributed by atoms with Crippen LogP contribution in [0, 0.1) is 0 Å². The van der Waals surface area contributed by atoms with Crippen LogP contribution >= 0.6 is 0 Å². The summed E-state index contributed by atoms with van der Waals surface area (Å²) < 4.78 is 21.2. The van der Waals surface area contributed by atoms with Crippen LogP contribution in [0.4, 0.5) is 0 Å². The van der Waals surface area contributed by atoms with Crippen molar-refractivity contribution in [1.82, 2.24) is 5.32 Å². The van der Waals surface area contributed by atoms with E-state index in [4.69, 9.17) is 18.6 Å². The lowest BCUT2D eigenvalue weighted by molar-refractivity contribution is -0.267. The molecule has 0 unspecified atom stereocenters. The van der Waals surface area contributed by atoms with E-state index in [0.717, 1.165) is 12.1 Å². The Morgan fingerprint density at radius 3 is 2.39 bits per heavy atom. The number of phenolic OH excluding ortho intramolecular Hbond substituents is 2. The van der Waals surface area contributed by atoms with Crippen LogP contribution in [0.15, 0.2) is 51.7 Å². The molecule has 0 saturated carbocycles. The summed E-state index contributed by atoms with van der Waals surface area (Å²) in [7, 11) is 0. The van der Waals surface area contributed by atoms with Crippen molar-refractivity contribution in [1.29, 1.82) is 0 Å². The molecule has 38 heavy (non-hydrogen) atoms. The van der Waals surface area contributed by atoms with Crippen LogP contribution in [0.25, 0.3) is 22.3 Å². The third kappa shape index (κ3) is 5.26. The first-order valence-electron chi connectivity index (χ1n) is 11.5. The van der Waals surface area contributed by atoms with Crippen LogP contribution in [0.3, 0.4) is 0 Å². The summed E-state index contributed by atoms with van der Waals surface area (Å²) in [6.07, 6.45) is -9.41. The first-order valence-corrected chi connectivity index (χ1v) is 11.5. The van der Waals surface area contributed by atoms with Crippen LogP contribution in [0.1, 0.15) is 6.92 Å². The third-order valence-corrected chi connectivity index (χ3v) is 5.77. The van der Waals surface area contributed by atoms with Crippen molar-refractivity contribution in [2.75, 3.05) is 13.2 Å². The second kappa shape index (κ2) is 11.1. The molecule has 13 nitrogen and oxygen atoms in total. The zero-order chi connectivity index (χ0) is 27.6. The number of carbonyl (C=O) groups is 2. The molecule has 1 aromatic heterocycles. The molecule has 1 amide bonds. The molecule has 0 radical (unpaired) electrons. The number of nitrogens with one attached hydrogen (secondary N) is 1. The number of benzene rings is 2. The number of phenols is 2. The number of aromatic hydroxyl groups is 2. The van der Waals surface area contributed by atoms with Gasteiger partial charge in [-0.25, -0.2) is 0 Å². The van der Waals surface area contributed by atoms with E-state index in [1.54, 1.807) is 37.3 Å². The number of carbonyl (C=O) groups excluding carboxylic acids is 2. The fraction of sp³-hybridized carbons (Fsp3) is 0.320. The van der Waals surface area contributed by atoms with Crippen molar-refractivity contribution in [3.8, 4) is 28.6 Å². The SMILES string of the molecule is CCOC(=O)CNC(=O)[C@H]1O[C@@H](Oc2cc3oc(-c4ccccc4)cc(=O)c3c(O)c2O)[C@@H](O)[C@H](O)[C@@H]1O. The molecule has 1 aliphatic heterocycles. The van der Waals surface area contributed by atoms with Gasteiger partial charge in [-0.2, -0.15) is 0 Å². The first kappa shape index (κ1) is 26.9. The number of fused-ring (bicyclic) bond motifs is 1. The number of rotatable bonds is 7. The predicted octanol–water partition coefficient (Wildman–Crippen LogP) is -0.263. The Bertz CT molecular complexity index is 1390. The van der Waals surface area contributed by atoms with Crippen molar-refractivity contribution in [3.05, 3.63) is 52.7 Å². The minimum atomic E-state index is -1.94. The fourth-order valence-corrected chi connectivity index (χ4v) is 3.86. The summed E-state index contributed by atoms with van der Waals surface area (Å²) in [4.78, 5) is 36.7. The van der Waals surface area contributed by atoms with Crippen LogP contribution < -0.4 is 15.5 Å². The van der Waals surface area contributed by atoms with E-state index in [-0.39, 0.29) is 23.3 Å². The molecule has 4 rings (SSSR count). The molecule has 13 heteroatoms. The van der Waals surface area contributed by atoms with E-state index in [9.17, 15) is 39.9 Å². The van der Waals surface area contributed by atoms with Crippen LogP contribution in [0.2, 0.25) is 0 Å². The second-order valence-electron chi connectivity index (χ2n) is 8.32. The zero-order valence-electron chi connectivity index (χ0n) is 19.9. The van der Waals surface area contributed by atoms with Crippen molar-refractivity contribution >= 4 is 22.8 Å². The molecule has 5 atom stereocenters. The fourth-order valence-electron chi connectivity index (χ4n) is 3.86. The Kier molecular flexibility index (Phi) is 7.83. The van der Waals surface area contributed by atoms with E-state index in [0.29, 0.717) is 5.56 Å². The van der Waals surface area contributed by atoms with Gasteiger partial charge < -0.3 is 49.5 Å².